The quantitative estimate of drug-likeness (QED) is 0.644. The lowest BCUT2D eigenvalue weighted by molar-refractivity contribution is -0.133. The monoisotopic (exact) mass is 479 g/mol. The molecule has 0 aliphatic carbocycles. The zero-order valence-corrected chi connectivity index (χ0v) is 21.5. The van der Waals surface area contributed by atoms with Crippen LogP contribution >= 0.6 is 0 Å². The molecule has 3 amide bonds. The molecule has 0 bridgehead atoms. The molecule has 35 heavy (non-hydrogen) atoms. The molecule has 3 atom stereocenters. The highest BCUT2D eigenvalue weighted by atomic mass is 16.6. The van der Waals surface area contributed by atoms with Crippen LogP contribution in [0.1, 0.15) is 64.3 Å². The number of nitrogens with one attached hydrogen (secondary N) is 2. The summed E-state index contributed by atoms with van der Waals surface area (Å²) in [5.74, 6) is -0.774. The van der Waals surface area contributed by atoms with Crippen molar-refractivity contribution in [3.63, 3.8) is 0 Å². The van der Waals surface area contributed by atoms with Crippen LogP contribution in [0.3, 0.4) is 0 Å². The van der Waals surface area contributed by atoms with Gasteiger partial charge in [-0.1, -0.05) is 68.4 Å². The summed E-state index contributed by atoms with van der Waals surface area (Å²) >= 11 is 0. The number of ether oxygens (including phenoxy) is 1. The molecule has 1 aliphatic rings. The number of hydrogen-bond acceptors (Lipinski definition) is 4. The topological polar surface area (TPSA) is 87.7 Å². The number of fused-ring (bicyclic) bond motifs is 1. The van der Waals surface area contributed by atoms with E-state index in [1.165, 1.54) is 4.90 Å². The van der Waals surface area contributed by atoms with Crippen LogP contribution in [-0.4, -0.2) is 40.5 Å². The Morgan fingerprint density at radius 3 is 2.11 bits per heavy atom. The van der Waals surface area contributed by atoms with Crippen LogP contribution in [0.15, 0.2) is 54.6 Å². The molecule has 0 saturated heterocycles. The van der Waals surface area contributed by atoms with Crippen molar-refractivity contribution in [1.82, 2.24) is 15.5 Å². The summed E-state index contributed by atoms with van der Waals surface area (Å²) in [5.41, 5.74) is 2.28. The molecule has 188 valence electrons. The number of rotatable bonds is 6. The lowest BCUT2D eigenvalue weighted by Gasteiger charge is -2.37. The number of nitrogens with zero attached hydrogens (tertiary/aromatic N) is 1. The molecule has 0 radical (unpaired) electrons. The molecule has 0 spiro atoms. The van der Waals surface area contributed by atoms with E-state index in [0.717, 1.165) is 16.7 Å². The Bertz CT molecular complexity index is 1050. The molecule has 0 saturated carbocycles. The zero-order valence-electron chi connectivity index (χ0n) is 21.5. The summed E-state index contributed by atoms with van der Waals surface area (Å²) < 4.78 is 5.60. The highest BCUT2D eigenvalue weighted by Crippen LogP contribution is 2.26. The largest absolute Gasteiger partial charge is 0.444 e. The maximum atomic E-state index is 13.5. The molecular formula is C28H37N3O4. The Morgan fingerprint density at radius 1 is 0.914 bits per heavy atom. The molecule has 2 N–H and O–H groups in total. The van der Waals surface area contributed by atoms with Crippen molar-refractivity contribution in [3.8, 4) is 0 Å². The van der Waals surface area contributed by atoms with Crippen LogP contribution in [0.4, 0.5) is 4.79 Å². The van der Waals surface area contributed by atoms with Gasteiger partial charge in [-0.25, -0.2) is 4.79 Å². The van der Waals surface area contributed by atoms with Gasteiger partial charge in [0.1, 0.15) is 17.7 Å². The molecule has 7 heteroatoms. The normalized spacial score (nSPS) is 17.2. The van der Waals surface area contributed by atoms with Crippen molar-refractivity contribution in [1.29, 1.82) is 0 Å². The summed E-state index contributed by atoms with van der Waals surface area (Å²) in [6.45, 7) is 11.3. The molecule has 1 heterocycles. The number of carbonyl (C=O) groups is 3. The lowest BCUT2D eigenvalue weighted by atomic mass is 9.93. The van der Waals surface area contributed by atoms with Crippen molar-refractivity contribution in [2.75, 3.05) is 0 Å². The zero-order chi connectivity index (χ0) is 25.8. The molecule has 2 aromatic rings. The first kappa shape index (κ1) is 26.3. The van der Waals surface area contributed by atoms with E-state index in [4.69, 9.17) is 4.74 Å². The standard InChI is InChI=1S/C28H37N3O4/c1-18(2)24(26(33)29-19(3)20-12-8-7-9-13-20)30-25(32)23-16-21-14-10-11-15-22(21)17-31(23)27(34)35-28(4,5)6/h7-15,18-19,23-24H,16-17H2,1-6H3,(H,29,33)(H,30,32)/t19-,23-,24-/m0/s1. The minimum absolute atomic E-state index is 0.146. The second kappa shape index (κ2) is 10.9. The minimum atomic E-state index is -0.777. The van der Waals surface area contributed by atoms with E-state index in [2.05, 4.69) is 10.6 Å². The molecule has 0 aromatic heterocycles. The highest BCUT2D eigenvalue weighted by molar-refractivity contribution is 5.92. The molecule has 0 fully saturated rings. The van der Waals surface area contributed by atoms with E-state index in [0.29, 0.717) is 6.42 Å². The van der Waals surface area contributed by atoms with Crippen LogP contribution in [-0.2, 0) is 27.3 Å². The van der Waals surface area contributed by atoms with Crippen molar-refractivity contribution in [2.45, 2.75) is 78.2 Å². The van der Waals surface area contributed by atoms with Gasteiger partial charge in [-0.3, -0.25) is 14.5 Å². The smallest absolute Gasteiger partial charge is 0.411 e. The highest BCUT2D eigenvalue weighted by Gasteiger charge is 2.38. The SMILES string of the molecule is CC(C)[C@H](NC(=O)[C@@H]1Cc2ccccc2CN1C(=O)OC(C)(C)C)C(=O)N[C@@H](C)c1ccccc1. The van der Waals surface area contributed by atoms with Crippen molar-refractivity contribution >= 4 is 17.9 Å². The van der Waals surface area contributed by atoms with Gasteiger partial charge < -0.3 is 15.4 Å². The summed E-state index contributed by atoms with van der Waals surface area (Å²) in [5, 5.41) is 5.93. The van der Waals surface area contributed by atoms with Gasteiger partial charge in [0.25, 0.3) is 0 Å². The van der Waals surface area contributed by atoms with Gasteiger partial charge in [0.15, 0.2) is 0 Å². The number of amides is 3. The summed E-state index contributed by atoms with van der Waals surface area (Å²) in [7, 11) is 0. The maximum absolute atomic E-state index is 13.5. The molecule has 3 rings (SSSR count). The third-order valence-corrected chi connectivity index (χ3v) is 6.08. The Hall–Kier alpha value is -3.35. The summed E-state index contributed by atoms with van der Waals surface area (Å²) in [6.07, 6.45) is -0.191. The molecule has 1 aliphatic heterocycles. The van der Waals surface area contributed by atoms with Gasteiger partial charge in [0.05, 0.1) is 12.6 Å². The first-order valence-corrected chi connectivity index (χ1v) is 12.2. The van der Waals surface area contributed by atoms with Gasteiger partial charge in [0, 0.05) is 6.42 Å². The molecule has 7 nitrogen and oxygen atoms in total. The number of benzene rings is 2. The summed E-state index contributed by atoms with van der Waals surface area (Å²) in [6, 6.07) is 15.7. The third kappa shape index (κ3) is 6.84. The lowest BCUT2D eigenvalue weighted by Crippen LogP contribution is -2.58. The second-order valence-electron chi connectivity index (χ2n) is 10.5. The van der Waals surface area contributed by atoms with E-state index >= 15 is 0 Å². The number of carbonyl (C=O) groups excluding carboxylic acids is 3. The van der Waals surface area contributed by atoms with Crippen LogP contribution in [0.5, 0.6) is 0 Å². The van der Waals surface area contributed by atoms with E-state index < -0.39 is 23.8 Å². The summed E-state index contributed by atoms with van der Waals surface area (Å²) in [4.78, 5) is 41.2. The minimum Gasteiger partial charge on any atom is -0.444 e. The first-order valence-electron chi connectivity index (χ1n) is 12.2. The van der Waals surface area contributed by atoms with E-state index in [-0.39, 0.29) is 30.3 Å². The van der Waals surface area contributed by atoms with E-state index in [9.17, 15) is 14.4 Å². The van der Waals surface area contributed by atoms with Crippen LogP contribution in [0.2, 0.25) is 0 Å². The fourth-order valence-electron chi connectivity index (χ4n) is 4.18. The predicted octanol–water partition coefficient (Wildman–Crippen LogP) is 4.37. The predicted molar refractivity (Wildman–Crippen MR) is 135 cm³/mol. The van der Waals surface area contributed by atoms with E-state index in [1.807, 2.05) is 75.4 Å². The fourth-order valence-corrected chi connectivity index (χ4v) is 4.18. The van der Waals surface area contributed by atoms with Crippen molar-refractivity contribution in [3.05, 3.63) is 71.3 Å². The van der Waals surface area contributed by atoms with Crippen molar-refractivity contribution in [2.24, 2.45) is 5.92 Å². The average molecular weight is 480 g/mol. The number of hydrogen-bond donors (Lipinski definition) is 2. The molecular weight excluding hydrogens is 442 g/mol. The first-order chi connectivity index (χ1) is 16.5. The van der Waals surface area contributed by atoms with Crippen molar-refractivity contribution < 1.29 is 19.1 Å². The Morgan fingerprint density at radius 2 is 1.51 bits per heavy atom. The van der Waals surface area contributed by atoms with Gasteiger partial charge >= 0.3 is 6.09 Å². The maximum Gasteiger partial charge on any atom is 0.411 e. The molecule has 2 aromatic carbocycles. The third-order valence-electron chi connectivity index (χ3n) is 6.08. The van der Waals surface area contributed by atoms with Gasteiger partial charge in [0.2, 0.25) is 11.8 Å². The molecule has 0 unspecified atom stereocenters. The second-order valence-corrected chi connectivity index (χ2v) is 10.5. The average Bonchev–Trinajstić information content (AvgIpc) is 2.80. The Labute approximate surface area is 208 Å². The fraction of sp³-hybridized carbons (Fsp3) is 0.464. The van der Waals surface area contributed by atoms with E-state index in [1.54, 1.807) is 20.8 Å². The van der Waals surface area contributed by atoms with Gasteiger partial charge in [-0.2, -0.15) is 0 Å². The van der Waals surface area contributed by atoms with Gasteiger partial charge in [-0.05, 0) is 50.3 Å². The Balaban J connectivity index is 1.79. The Kier molecular flexibility index (Phi) is 8.20. The van der Waals surface area contributed by atoms with Gasteiger partial charge in [-0.15, -0.1) is 0 Å². The van der Waals surface area contributed by atoms with Crippen LogP contribution in [0.25, 0.3) is 0 Å². The van der Waals surface area contributed by atoms with Crippen LogP contribution in [0, 0.1) is 5.92 Å². The van der Waals surface area contributed by atoms with Crippen LogP contribution < -0.4 is 10.6 Å².